The zero-order valence-electron chi connectivity index (χ0n) is 9.69. The van der Waals surface area contributed by atoms with Gasteiger partial charge < -0.3 is 5.32 Å². The molecule has 0 spiro atoms. The van der Waals surface area contributed by atoms with Gasteiger partial charge in [0.1, 0.15) is 0 Å². The second-order valence-corrected chi connectivity index (χ2v) is 7.25. The fourth-order valence-corrected chi connectivity index (χ4v) is 4.17. The minimum absolute atomic E-state index is 0.00410. The number of hydrogen-bond donors (Lipinski definition) is 1. The van der Waals surface area contributed by atoms with E-state index in [1.807, 2.05) is 19.1 Å². The smallest absolute Gasteiger partial charge is 0.156 e. The summed E-state index contributed by atoms with van der Waals surface area (Å²) in [4.78, 5) is 0. The predicted molar refractivity (Wildman–Crippen MR) is 70.2 cm³/mol. The molecule has 0 aliphatic carbocycles. The molecule has 1 saturated heterocycles. The van der Waals surface area contributed by atoms with Crippen molar-refractivity contribution in [2.24, 2.45) is 0 Å². The molecule has 1 aromatic rings. The molecular weight excluding hydrogens is 258 g/mol. The van der Waals surface area contributed by atoms with E-state index in [9.17, 15) is 8.42 Å². The molecule has 2 rings (SSSR count). The molecule has 0 aromatic heterocycles. The first-order valence-electron chi connectivity index (χ1n) is 5.68. The van der Waals surface area contributed by atoms with Gasteiger partial charge in [-0.25, -0.2) is 8.42 Å². The predicted octanol–water partition coefficient (Wildman–Crippen LogP) is 1.66. The SMILES string of the molecule is CC1NCCS(=O)(=O)C1Cc1ccc(Cl)cc1. The fourth-order valence-electron chi connectivity index (χ4n) is 2.18. The summed E-state index contributed by atoms with van der Waals surface area (Å²) < 4.78 is 24.0. The van der Waals surface area contributed by atoms with E-state index in [0.717, 1.165) is 5.56 Å². The van der Waals surface area contributed by atoms with Crippen LogP contribution in [0.3, 0.4) is 0 Å². The van der Waals surface area contributed by atoms with Crippen LogP contribution in [-0.2, 0) is 16.3 Å². The van der Waals surface area contributed by atoms with Crippen LogP contribution in [0.25, 0.3) is 0 Å². The van der Waals surface area contributed by atoms with E-state index in [1.54, 1.807) is 12.1 Å². The zero-order chi connectivity index (χ0) is 12.5. The van der Waals surface area contributed by atoms with Crippen molar-refractivity contribution in [1.82, 2.24) is 5.32 Å². The Balaban J connectivity index is 2.18. The van der Waals surface area contributed by atoms with E-state index in [2.05, 4.69) is 5.32 Å². The van der Waals surface area contributed by atoms with Crippen LogP contribution in [0.15, 0.2) is 24.3 Å². The second-order valence-electron chi connectivity index (χ2n) is 4.48. The van der Waals surface area contributed by atoms with Gasteiger partial charge in [0.2, 0.25) is 0 Å². The topological polar surface area (TPSA) is 46.2 Å². The Labute approximate surface area is 107 Å². The lowest BCUT2D eigenvalue weighted by atomic mass is 10.1. The molecule has 1 N–H and O–H groups in total. The minimum Gasteiger partial charge on any atom is -0.312 e. The lowest BCUT2D eigenvalue weighted by Gasteiger charge is -2.29. The summed E-state index contributed by atoms with van der Waals surface area (Å²) in [5.74, 6) is 0.232. The Morgan fingerprint density at radius 3 is 2.59 bits per heavy atom. The van der Waals surface area contributed by atoms with Crippen LogP contribution in [0.2, 0.25) is 5.02 Å². The molecule has 1 aromatic carbocycles. The third-order valence-corrected chi connectivity index (χ3v) is 5.74. The highest BCUT2D eigenvalue weighted by Crippen LogP contribution is 2.19. The lowest BCUT2D eigenvalue weighted by Crippen LogP contribution is -2.51. The molecule has 1 aliphatic rings. The van der Waals surface area contributed by atoms with Crippen molar-refractivity contribution < 1.29 is 8.42 Å². The molecule has 1 heterocycles. The van der Waals surface area contributed by atoms with Gasteiger partial charge in [-0.15, -0.1) is 0 Å². The summed E-state index contributed by atoms with van der Waals surface area (Å²) in [7, 11) is -2.98. The van der Waals surface area contributed by atoms with E-state index in [-0.39, 0.29) is 17.0 Å². The maximum absolute atomic E-state index is 12.0. The molecule has 0 saturated carbocycles. The van der Waals surface area contributed by atoms with Crippen molar-refractivity contribution >= 4 is 21.4 Å². The molecule has 0 radical (unpaired) electrons. The number of halogens is 1. The molecule has 2 atom stereocenters. The molecule has 3 nitrogen and oxygen atoms in total. The number of nitrogens with one attached hydrogen (secondary N) is 1. The highest BCUT2D eigenvalue weighted by atomic mass is 35.5. The molecule has 0 amide bonds. The van der Waals surface area contributed by atoms with Crippen molar-refractivity contribution in [3.05, 3.63) is 34.9 Å². The quantitative estimate of drug-likeness (QED) is 0.891. The molecule has 17 heavy (non-hydrogen) atoms. The standard InChI is InChI=1S/C12H16ClNO2S/c1-9-12(17(15,16)7-6-14-9)8-10-2-4-11(13)5-3-10/h2-5,9,12,14H,6-8H2,1H3. The summed E-state index contributed by atoms with van der Waals surface area (Å²) in [6.45, 7) is 2.48. The summed E-state index contributed by atoms with van der Waals surface area (Å²) in [5, 5.41) is 3.55. The van der Waals surface area contributed by atoms with Gasteiger partial charge in [0, 0.05) is 17.6 Å². The number of sulfone groups is 1. The van der Waals surface area contributed by atoms with Gasteiger partial charge in [-0.2, -0.15) is 0 Å². The summed E-state index contributed by atoms with van der Waals surface area (Å²) in [6, 6.07) is 7.37. The van der Waals surface area contributed by atoms with Crippen molar-refractivity contribution in [1.29, 1.82) is 0 Å². The van der Waals surface area contributed by atoms with Gasteiger partial charge in [-0.05, 0) is 31.0 Å². The Morgan fingerprint density at radius 1 is 1.35 bits per heavy atom. The summed E-state index contributed by atoms with van der Waals surface area (Å²) >= 11 is 5.81. The zero-order valence-corrected chi connectivity index (χ0v) is 11.3. The van der Waals surface area contributed by atoms with E-state index < -0.39 is 9.84 Å². The van der Waals surface area contributed by atoms with Gasteiger partial charge >= 0.3 is 0 Å². The maximum Gasteiger partial charge on any atom is 0.156 e. The van der Waals surface area contributed by atoms with Crippen molar-refractivity contribution in [2.45, 2.75) is 24.6 Å². The highest BCUT2D eigenvalue weighted by molar-refractivity contribution is 7.92. The van der Waals surface area contributed by atoms with Crippen LogP contribution in [0.4, 0.5) is 0 Å². The van der Waals surface area contributed by atoms with Crippen molar-refractivity contribution in [3.63, 3.8) is 0 Å². The molecule has 1 aliphatic heterocycles. The van der Waals surface area contributed by atoms with E-state index in [4.69, 9.17) is 11.6 Å². The van der Waals surface area contributed by atoms with Gasteiger partial charge in [0.05, 0.1) is 11.0 Å². The molecular formula is C12H16ClNO2S. The van der Waals surface area contributed by atoms with Gasteiger partial charge in [0.25, 0.3) is 0 Å². The average Bonchev–Trinajstić information content (AvgIpc) is 2.26. The lowest BCUT2D eigenvalue weighted by molar-refractivity contribution is 0.478. The van der Waals surface area contributed by atoms with Crippen LogP contribution in [-0.4, -0.2) is 32.0 Å². The van der Waals surface area contributed by atoms with Gasteiger partial charge in [-0.3, -0.25) is 0 Å². The van der Waals surface area contributed by atoms with Crippen LogP contribution in [0.5, 0.6) is 0 Å². The molecule has 2 unspecified atom stereocenters. The Bertz CT molecular complexity index is 484. The monoisotopic (exact) mass is 273 g/mol. The molecule has 94 valence electrons. The highest BCUT2D eigenvalue weighted by Gasteiger charge is 2.34. The molecule has 1 fully saturated rings. The Kier molecular flexibility index (Phi) is 3.76. The van der Waals surface area contributed by atoms with Crippen molar-refractivity contribution in [2.75, 3.05) is 12.3 Å². The van der Waals surface area contributed by atoms with E-state index in [1.165, 1.54) is 0 Å². The third kappa shape index (κ3) is 3.00. The van der Waals surface area contributed by atoms with Crippen molar-refractivity contribution in [3.8, 4) is 0 Å². The normalized spacial score (nSPS) is 27.9. The Hall–Kier alpha value is -0.580. The average molecular weight is 274 g/mol. The minimum atomic E-state index is -2.98. The van der Waals surface area contributed by atoms with Crippen LogP contribution in [0, 0.1) is 0 Å². The van der Waals surface area contributed by atoms with E-state index >= 15 is 0 Å². The molecule has 5 heteroatoms. The first kappa shape index (κ1) is 12.9. The summed E-state index contributed by atoms with van der Waals surface area (Å²) in [6.07, 6.45) is 0.549. The van der Waals surface area contributed by atoms with Crippen LogP contribution in [0.1, 0.15) is 12.5 Å². The third-order valence-electron chi connectivity index (χ3n) is 3.22. The summed E-state index contributed by atoms with van der Waals surface area (Å²) in [5.41, 5.74) is 1.01. The molecule has 0 bridgehead atoms. The fraction of sp³-hybridized carbons (Fsp3) is 0.500. The Morgan fingerprint density at radius 2 is 2.00 bits per heavy atom. The second kappa shape index (κ2) is 4.96. The number of rotatable bonds is 2. The number of hydrogen-bond acceptors (Lipinski definition) is 3. The van der Waals surface area contributed by atoms with Crippen LogP contribution < -0.4 is 5.32 Å². The maximum atomic E-state index is 12.0. The largest absolute Gasteiger partial charge is 0.312 e. The first-order valence-corrected chi connectivity index (χ1v) is 7.78. The van der Waals surface area contributed by atoms with Crippen LogP contribution >= 0.6 is 11.6 Å². The number of benzene rings is 1. The van der Waals surface area contributed by atoms with Gasteiger partial charge in [-0.1, -0.05) is 23.7 Å². The van der Waals surface area contributed by atoms with E-state index in [0.29, 0.717) is 18.0 Å². The first-order chi connectivity index (χ1) is 7.99. The van der Waals surface area contributed by atoms with Gasteiger partial charge in [0.15, 0.2) is 9.84 Å².